The first-order valence-corrected chi connectivity index (χ1v) is 8.87. The van der Waals surface area contributed by atoms with Gasteiger partial charge in [-0.25, -0.2) is 0 Å². The third-order valence-corrected chi connectivity index (χ3v) is 7.17. The first-order chi connectivity index (χ1) is 8.76. The molecule has 2 aromatic rings. The van der Waals surface area contributed by atoms with E-state index in [1.165, 1.54) is 17.2 Å². The maximum atomic E-state index is 2.35. The van der Waals surface area contributed by atoms with E-state index < -0.39 is 8.80 Å². The Labute approximate surface area is 112 Å². The van der Waals surface area contributed by atoms with Crippen LogP contribution in [0.4, 0.5) is 0 Å². The SMILES string of the molecule is CCc1ccc([SiH](CC)c2ccccc2C)cc1. The van der Waals surface area contributed by atoms with Gasteiger partial charge in [-0.15, -0.1) is 0 Å². The van der Waals surface area contributed by atoms with Crippen molar-refractivity contribution in [3.8, 4) is 0 Å². The number of benzene rings is 2. The topological polar surface area (TPSA) is 0 Å². The molecule has 0 spiro atoms. The van der Waals surface area contributed by atoms with Gasteiger partial charge in [0.1, 0.15) is 8.80 Å². The van der Waals surface area contributed by atoms with Crippen LogP contribution in [0.25, 0.3) is 0 Å². The molecule has 18 heavy (non-hydrogen) atoms. The third kappa shape index (κ3) is 2.73. The van der Waals surface area contributed by atoms with E-state index >= 15 is 0 Å². The molecule has 0 bridgehead atoms. The van der Waals surface area contributed by atoms with E-state index in [4.69, 9.17) is 0 Å². The van der Waals surface area contributed by atoms with Crippen molar-refractivity contribution in [1.82, 2.24) is 0 Å². The quantitative estimate of drug-likeness (QED) is 0.736. The maximum Gasteiger partial charge on any atom is 0.103 e. The second kappa shape index (κ2) is 6.01. The fourth-order valence-corrected chi connectivity index (χ4v) is 5.52. The lowest BCUT2D eigenvalue weighted by atomic mass is 10.2. The minimum atomic E-state index is -1.00. The molecule has 2 rings (SSSR count). The van der Waals surface area contributed by atoms with Crippen LogP contribution in [0.2, 0.25) is 6.04 Å². The molecule has 94 valence electrons. The van der Waals surface area contributed by atoms with Crippen molar-refractivity contribution < 1.29 is 0 Å². The second-order valence-corrected chi connectivity index (χ2v) is 8.12. The second-order valence-electron chi connectivity index (χ2n) is 4.91. The molecule has 0 aliphatic carbocycles. The van der Waals surface area contributed by atoms with Crippen molar-refractivity contribution in [2.75, 3.05) is 0 Å². The van der Waals surface area contributed by atoms with Gasteiger partial charge in [-0.2, -0.15) is 0 Å². The zero-order chi connectivity index (χ0) is 13.0. The Kier molecular flexibility index (Phi) is 4.37. The molecule has 1 atom stereocenters. The summed E-state index contributed by atoms with van der Waals surface area (Å²) < 4.78 is 0. The van der Waals surface area contributed by atoms with Crippen molar-refractivity contribution in [3.05, 3.63) is 59.7 Å². The highest BCUT2D eigenvalue weighted by Crippen LogP contribution is 2.04. The van der Waals surface area contributed by atoms with E-state index in [9.17, 15) is 0 Å². The number of hydrogen-bond donors (Lipinski definition) is 0. The van der Waals surface area contributed by atoms with Crippen LogP contribution in [0, 0.1) is 6.92 Å². The van der Waals surface area contributed by atoms with Gasteiger partial charge in [0.25, 0.3) is 0 Å². The molecule has 0 aliphatic heterocycles. The molecule has 0 saturated carbocycles. The van der Waals surface area contributed by atoms with E-state index in [0.29, 0.717) is 0 Å². The first-order valence-electron chi connectivity index (χ1n) is 6.90. The van der Waals surface area contributed by atoms with Gasteiger partial charge < -0.3 is 0 Å². The number of hydrogen-bond acceptors (Lipinski definition) is 0. The van der Waals surface area contributed by atoms with E-state index in [1.807, 2.05) is 0 Å². The highest BCUT2D eigenvalue weighted by Gasteiger charge is 2.15. The van der Waals surface area contributed by atoms with Gasteiger partial charge in [-0.05, 0) is 18.9 Å². The first kappa shape index (κ1) is 13.1. The van der Waals surface area contributed by atoms with E-state index in [1.54, 1.807) is 10.4 Å². The monoisotopic (exact) mass is 254 g/mol. The van der Waals surface area contributed by atoms with Crippen LogP contribution in [0.15, 0.2) is 48.5 Å². The lowest BCUT2D eigenvalue weighted by Gasteiger charge is -2.17. The molecule has 1 unspecified atom stereocenters. The van der Waals surface area contributed by atoms with Crippen LogP contribution in [0.1, 0.15) is 25.0 Å². The molecule has 0 aliphatic rings. The summed E-state index contributed by atoms with van der Waals surface area (Å²) in [7, 11) is -1.00. The Morgan fingerprint density at radius 3 is 2.11 bits per heavy atom. The smallest absolute Gasteiger partial charge is 0.0674 e. The minimum absolute atomic E-state index is 1.00. The Morgan fingerprint density at radius 2 is 1.56 bits per heavy atom. The lowest BCUT2D eigenvalue weighted by molar-refractivity contribution is 1.14. The van der Waals surface area contributed by atoms with Crippen molar-refractivity contribution in [1.29, 1.82) is 0 Å². The van der Waals surface area contributed by atoms with Gasteiger partial charge in [0.15, 0.2) is 0 Å². The lowest BCUT2D eigenvalue weighted by Crippen LogP contribution is -2.42. The maximum absolute atomic E-state index is 2.35. The summed E-state index contributed by atoms with van der Waals surface area (Å²) in [4.78, 5) is 0. The molecule has 0 amide bonds. The molecule has 0 N–H and O–H groups in total. The van der Waals surface area contributed by atoms with Crippen LogP contribution in [-0.2, 0) is 6.42 Å². The van der Waals surface area contributed by atoms with Crippen molar-refractivity contribution in [2.24, 2.45) is 0 Å². The molecule has 0 heterocycles. The average molecular weight is 254 g/mol. The number of rotatable bonds is 4. The molecule has 1 heteroatoms. The summed E-state index contributed by atoms with van der Waals surface area (Å²) in [6.07, 6.45) is 1.13. The predicted molar refractivity (Wildman–Crippen MR) is 83.9 cm³/mol. The minimum Gasteiger partial charge on any atom is -0.0674 e. The van der Waals surface area contributed by atoms with Gasteiger partial charge >= 0.3 is 0 Å². The van der Waals surface area contributed by atoms with Gasteiger partial charge in [0.2, 0.25) is 0 Å². The summed E-state index contributed by atoms with van der Waals surface area (Å²) in [5.41, 5.74) is 2.89. The van der Waals surface area contributed by atoms with Crippen LogP contribution in [0.3, 0.4) is 0 Å². The summed E-state index contributed by atoms with van der Waals surface area (Å²) in [6, 6.07) is 19.5. The summed E-state index contributed by atoms with van der Waals surface area (Å²) in [5, 5.41) is 3.17. The van der Waals surface area contributed by atoms with Gasteiger partial charge in [0.05, 0.1) is 0 Å². The van der Waals surface area contributed by atoms with Gasteiger partial charge in [-0.3, -0.25) is 0 Å². The summed E-state index contributed by atoms with van der Waals surface area (Å²) in [6.45, 7) is 6.79. The molecule has 0 fully saturated rings. The standard InChI is InChI=1S/C17H22Si/c1-4-15-10-12-16(13-11-15)18(5-2)17-9-7-6-8-14(17)3/h6-13,18H,4-5H2,1-3H3. The zero-order valence-electron chi connectivity index (χ0n) is 11.6. The zero-order valence-corrected chi connectivity index (χ0v) is 12.8. The van der Waals surface area contributed by atoms with Crippen LogP contribution in [-0.4, -0.2) is 8.80 Å². The highest BCUT2D eigenvalue weighted by molar-refractivity contribution is 6.85. The Bertz CT molecular complexity index is 499. The predicted octanol–water partition coefficient (Wildman–Crippen LogP) is 2.92. The van der Waals surface area contributed by atoms with Crippen LogP contribution < -0.4 is 10.4 Å². The molecule has 0 aromatic heterocycles. The summed E-state index contributed by atoms with van der Waals surface area (Å²) >= 11 is 0. The molecule has 2 aromatic carbocycles. The Morgan fingerprint density at radius 1 is 0.889 bits per heavy atom. The summed E-state index contributed by atoms with van der Waals surface area (Å²) in [5.74, 6) is 0. The van der Waals surface area contributed by atoms with Gasteiger partial charge in [0, 0.05) is 0 Å². The average Bonchev–Trinajstić information content (AvgIpc) is 2.42. The fraction of sp³-hybridized carbons (Fsp3) is 0.294. The normalized spacial score (nSPS) is 12.4. The van der Waals surface area contributed by atoms with Gasteiger partial charge in [-0.1, -0.05) is 84.4 Å². The third-order valence-electron chi connectivity index (χ3n) is 3.76. The van der Waals surface area contributed by atoms with Crippen LogP contribution >= 0.6 is 0 Å². The van der Waals surface area contributed by atoms with Crippen molar-refractivity contribution in [2.45, 2.75) is 33.2 Å². The van der Waals surface area contributed by atoms with E-state index in [-0.39, 0.29) is 0 Å². The van der Waals surface area contributed by atoms with Crippen molar-refractivity contribution in [3.63, 3.8) is 0 Å². The van der Waals surface area contributed by atoms with E-state index in [2.05, 4.69) is 69.3 Å². The largest absolute Gasteiger partial charge is 0.103 e. The molecule has 0 saturated heterocycles. The van der Waals surface area contributed by atoms with E-state index in [0.717, 1.165) is 6.42 Å². The van der Waals surface area contributed by atoms with Crippen molar-refractivity contribution >= 4 is 19.2 Å². The Balaban J connectivity index is 2.36. The number of aryl methyl sites for hydroxylation is 2. The molecular formula is C17H22Si. The highest BCUT2D eigenvalue weighted by atomic mass is 28.3. The van der Waals surface area contributed by atoms with Crippen LogP contribution in [0.5, 0.6) is 0 Å². The molecule has 0 nitrogen and oxygen atoms in total. The molecular weight excluding hydrogens is 232 g/mol. The Hall–Kier alpha value is -1.34. The molecule has 0 radical (unpaired) electrons. The fourth-order valence-electron chi connectivity index (χ4n) is 2.60.